The molecule has 2 rings (SSSR count). The van der Waals surface area contributed by atoms with Crippen LogP contribution in [0.5, 0.6) is 0 Å². The summed E-state index contributed by atoms with van der Waals surface area (Å²) in [6.45, 7) is 1.91. The van der Waals surface area contributed by atoms with Crippen molar-refractivity contribution in [3.63, 3.8) is 0 Å². The fourth-order valence-electron chi connectivity index (χ4n) is 2.88. The summed E-state index contributed by atoms with van der Waals surface area (Å²) in [6.07, 6.45) is 0.0637. The lowest BCUT2D eigenvalue weighted by Crippen LogP contribution is -2.71. The van der Waals surface area contributed by atoms with E-state index in [2.05, 4.69) is 10.6 Å². The highest BCUT2D eigenvalue weighted by Crippen LogP contribution is 2.36. The topological polar surface area (TPSA) is 125 Å². The summed E-state index contributed by atoms with van der Waals surface area (Å²) >= 11 is 0. The Hall–Kier alpha value is -1.67. The maximum atomic E-state index is 12.2. The van der Waals surface area contributed by atoms with E-state index < -0.39 is 35.5 Å². The van der Waals surface area contributed by atoms with E-state index in [0.717, 1.165) is 0 Å². The van der Waals surface area contributed by atoms with E-state index in [0.29, 0.717) is 19.4 Å². The van der Waals surface area contributed by atoms with Gasteiger partial charge in [0.05, 0.1) is 12.1 Å². The predicted octanol–water partition coefficient (Wildman–Crippen LogP) is -2.70. The number of β-lactam (4-membered cyclic amide) rings is 1. The second-order valence-electron chi connectivity index (χ2n) is 5.51. The number of nitrogens with one attached hydrogen (secondary N) is 2. The lowest BCUT2D eigenvalue weighted by Gasteiger charge is -2.44. The van der Waals surface area contributed by atoms with Crippen LogP contribution in [0.15, 0.2) is 0 Å². The Morgan fingerprint density at radius 3 is 2.60 bits per heavy atom. The summed E-state index contributed by atoms with van der Waals surface area (Å²) in [5.74, 6) is -1.25. The minimum Gasteiger partial charge on any atom is -0.391 e. The first-order valence-corrected chi connectivity index (χ1v) is 6.58. The van der Waals surface area contributed by atoms with Gasteiger partial charge in [-0.05, 0) is 26.8 Å². The molecule has 5 N–H and O–H groups in total. The van der Waals surface area contributed by atoms with Gasteiger partial charge in [-0.15, -0.1) is 0 Å². The molecule has 0 radical (unpaired) electrons. The number of nitrogens with two attached hydrogens (primary N) is 1. The van der Waals surface area contributed by atoms with Gasteiger partial charge in [0.15, 0.2) is 0 Å². The van der Waals surface area contributed by atoms with Gasteiger partial charge in [0.25, 0.3) is 0 Å². The molecule has 2 fully saturated rings. The van der Waals surface area contributed by atoms with Crippen LogP contribution in [0.1, 0.15) is 19.8 Å². The molecule has 2 saturated heterocycles. The van der Waals surface area contributed by atoms with Crippen molar-refractivity contribution in [2.45, 2.75) is 43.5 Å². The van der Waals surface area contributed by atoms with Crippen LogP contribution in [0.3, 0.4) is 0 Å². The number of aliphatic hydroxyl groups excluding tert-OH is 1. The van der Waals surface area contributed by atoms with E-state index >= 15 is 0 Å². The molecule has 0 aliphatic carbocycles. The highest BCUT2D eigenvalue weighted by atomic mass is 16.3. The molecule has 0 saturated carbocycles. The van der Waals surface area contributed by atoms with Crippen LogP contribution in [-0.4, -0.2) is 65.0 Å². The number of amides is 3. The lowest BCUT2D eigenvalue weighted by molar-refractivity contribution is -0.143. The average Bonchev–Trinajstić information content (AvgIpc) is 2.73. The van der Waals surface area contributed by atoms with Crippen molar-refractivity contribution >= 4 is 17.7 Å². The first kappa shape index (κ1) is 14.7. The molecule has 1 spiro atoms. The number of rotatable bonds is 4. The standard InChI is InChI=1S/C12H20N4O4/c1-6(17)8(9(13)18)15-10(19)7-3-4-12(16(7)2)5-14-11(12)20/h6-8,17H,3-5H2,1-2H3,(H2,13,18)(H,14,20)(H,15,19)/t6-,7?,8+,12?/m1/s1. The molecule has 0 aromatic heterocycles. The molecule has 2 aliphatic rings. The zero-order chi connectivity index (χ0) is 15.1. The van der Waals surface area contributed by atoms with E-state index in [1.807, 2.05) is 0 Å². The third-order valence-electron chi connectivity index (χ3n) is 4.33. The third-order valence-corrected chi connectivity index (χ3v) is 4.33. The second-order valence-corrected chi connectivity index (χ2v) is 5.51. The molecule has 8 heteroatoms. The largest absolute Gasteiger partial charge is 0.391 e. The van der Waals surface area contributed by atoms with Gasteiger partial charge < -0.3 is 21.5 Å². The molecular weight excluding hydrogens is 264 g/mol. The van der Waals surface area contributed by atoms with Crippen molar-refractivity contribution in [3.8, 4) is 0 Å². The molecule has 0 aromatic rings. The fraction of sp³-hybridized carbons (Fsp3) is 0.750. The van der Waals surface area contributed by atoms with E-state index in [1.54, 1.807) is 11.9 Å². The molecule has 20 heavy (non-hydrogen) atoms. The van der Waals surface area contributed by atoms with E-state index in [9.17, 15) is 19.5 Å². The van der Waals surface area contributed by atoms with Crippen molar-refractivity contribution in [1.29, 1.82) is 0 Å². The van der Waals surface area contributed by atoms with Gasteiger partial charge in [0.2, 0.25) is 17.7 Å². The lowest BCUT2D eigenvalue weighted by atomic mass is 9.89. The number of carbonyl (C=O) groups excluding carboxylic acids is 3. The normalized spacial score (nSPS) is 32.4. The molecule has 0 bridgehead atoms. The molecule has 8 nitrogen and oxygen atoms in total. The highest BCUT2D eigenvalue weighted by molar-refractivity contribution is 5.95. The zero-order valence-electron chi connectivity index (χ0n) is 11.5. The van der Waals surface area contributed by atoms with Crippen LogP contribution in [0.4, 0.5) is 0 Å². The minimum absolute atomic E-state index is 0.0720. The Bertz CT molecular complexity index is 453. The minimum atomic E-state index is -1.12. The molecule has 2 heterocycles. The average molecular weight is 284 g/mol. The van der Waals surface area contributed by atoms with Crippen LogP contribution >= 0.6 is 0 Å². The smallest absolute Gasteiger partial charge is 0.242 e. The van der Waals surface area contributed by atoms with Crippen LogP contribution < -0.4 is 16.4 Å². The molecule has 2 aliphatic heterocycles. The van der Waals surface area contributed by atoms with Crippen molar-refractivity contribution in [1.82, 2.24) is 15.5 Å². The summed E-state index contributed by atoms with van der Waals surface area (Å²) < 4.78 is 0. The monoisotopic (exact) mass is 284 g/mol. The maximum absolute atomic E-state index is 12.2. The van der Waals surface area contributed by atoms with Crippen molar-refractivity contribution in [2.75, 3.05) is 13.6 Å². The third kappa shape index (κ3) is 2.14. The number of likely N-dealkylation sites (N-methyl/N-ethyl adjacent to an activating group) is 1. The summed E-state index contributed by atoms with van der Waals surface area (Å²) in [7, 11) is 1.72. The van der Waals surface area contributed by atoms with Gasteiger partial charge in [-0.25, -0.2) is 0 Å². The first-order valence-electron chi connectivity index (χ1n) is 6.58. The van der Waals surface area contributed by atoms with Crippen LogP contribution in [-0.2, 0) is 14.4 Å². The molecule has 0 aromatic carbocycles. The number of aliphatic hydroxyl groups is 1. The maximum Gasteiger partial charge on any atom is 0.242 e. The Kier molecular flexibility index (Phi) is 3.70. The number of likely N-dealkylation sites (tertiary alicyclic amines) is 1. The summed E-state index contributed by atoms with van der Waals surface area (Å²) in [5, 5.41) is 14.6. The van der Waals surface area contributed by atoms with Crippen molar-refractivity contribution in [3.05, 3.63) is 0 Å². The Morgan fingerprint density at radius 2 is 2.25 bits per heavy atom. The Morgan fingerprint density at radius 1 is 1.60 bits per heavy atom. The number of nitrogens with zero attached hydrogens (tertiary/aromatic N) is 1. The number of carbonyl (C=O) groups is 3. The van der Waals surface area contributed by atoms with Gasteiger partial charge in [-0.2, -0.15) is 0 Å². The summed E-state index contributed by atoms with van der Waals surface area (Å²) in [6, 6.07) is -1.62. The van der Waals surface area contributed by atoms with Gasteiger partial charge in [0, 0.05) is 6.54 Å². The molecule has 2 unspecified atom stereocenters. The SMILES string of the molecule is C[C@@H](O)[C@H](NC(=O)C1CCC2(CNC2=O)N1C)C(N)=O. The van der Waals surface area contributed by atoms with Crippen LogP contribution in [0, 0.1) is 0 Å². The van der Waals surface area contributed by atoms with Crippen molar-refractivity contribution in [2.24, 2.45) is 5.73 Å². The number of hydrogen-bond donors (Lipinski definition) is 4. The van der Waals surface area contributed by atoms with E-state index in [1.165, 1.54) is 6.92 Å². The molecule has 4 atom stereocenters. The second kappa shape index (κ2) is 5.02. The number of hydrogen-bond acceptors (Lipinski definition) is 5. The van der Waals surface area contributed by atoms with Crippen LogP contribution in [0.25, 0.3) is 0 Å². The molecular formula is C12H20N4O4. The summed E-state index contributed by atoms with van der Waals surface area (Å²) in [4.78, 5) is 36.8. The first-order chi connectivity index (χ1) is 9.29. The predicted molar refractivity (Wildman–Crippen MR) is 69.3 cm³/mol. The van der Waals surface area contributed by atoms with E-state index in [4.69, 9.17) is 5.73 Å². The Balaban J connectivity index is 2.04. The van der Waals surface area contributed by atoms with Crippen LogP contribution in [0.2, 0.25) is 0 Å². The van der Waals surface area contributed by atoms with E-state index in [-0.39, 0.29) is 5.91 Å². The zero-order valence-corrected chi connectivity index (χ0v) is 11.5. The van der Waals surface area contributed by atoms with Gasteiger partial charge in [0.1, 0.15) is 11.6 Å². The Labute approximate surface area is 116 Å². The molecule has 112 valence electrons. The molecule has 3 amide bonds. The summed E-state index contributed by atoms with van der Waals surface area (Å²) in [5.41, 5.74) is 4.54. The fourth-order valence-corrected chi connectivity index (χ4v) is 2.88. The van der Waals surface area contributed by atoms with Gasteiger partial charge in [-0.1, -0.05) is 0 Å². The highest BCUT2D eigenvalue weighted by Gasteiger charge is 2.56. The van der Waals surface area contributed by atoms with Gasteiger partial charge in [-0.3, -0.25) is 19.3 Å². The van der Waals surface area contributed by atoms with Crippen molar-refractivity contribution < 1.29 is 19.5 Å². The quantitative estimate of drug-likeness (QED) is 0.418. The number of primary amides is 1. The van der Waals surface area contributed by atoms with Gasteiger partial charge >= 0.3 is 0 Å².